The highest BCUT2D eigenvalue weighted by molar-refractivity contribution is 7.89. The van der Waals surface area contributed by atoms with Gasteiger partial charge in [-0.1, -0.05) is 23.2 Å². The Balaban J connectivity index is 2.13. The van der Waals surface area contributed by atoms with Crippen LogP contribution in [-0.4, -0.2) is 73.1 Å². The number of ether oxygens (including phenoxy) is 1. The van der Waals surface area contributed by atoms with Crippen molar-refractivity contribution in [3.05, 3.63) is 28.2 Å². The number of nitrogens with zero attached hydrogens (tertiary/aromatic N) is 2. The summed E-state index contributed by atoms with van der Waals surface area (Å²) in [6.45, 7) is 4.24. The van der Waals surface area contributed by atoms with E-state index in [0.717, 1.165) is 0 Å². The summed E-state index contributed by atoms with van der Waals surface area (Å²) in [5, 5.41) is 11.3. The fraction of sp³-hybridized carbons (Fsp3) is 0.650. The molecule has 1 aromatic carbocycles. The van der Waals surface area contributed by atoms with Crippen molar-refractivity contribution in [2.45, 2.75) is 55.7 Å². The molecule has 2 aliphatic rings. The lowest BCUT2D eigenvalue weighted by atomic mass is 9.80. The Hall–Kier alpha value is -0.900. The third kappa shape index (κ3) is 4.64. The smallest absolute Gasteiger partial charge is 0.244 e. The first kappa shape index (κ1) is 23.8. The van der Waals surface area contributed by atoms with E-state index in [2.05, 4.69) is 0 Å². The van der Waals surface area contributed by atoms with Gasteiger partial charge in [-0.05, 0) is 51.3 Å². The van der Waals surface area contributed by atoms with Crippen LogP contribution in [0.2, 0.25) is 10.0 Å². The molecule has 0 radical (unpaired) electrons. The highest BCUT2D eigenvalue weighted by Gasteiger charge is 2.53. The van der Waals surface area contributed by atoms with Gasteiger partial charge in [0.25, 0.3) is 0 Å². The maximum Gasteiger partial charge on any atom is 0.244 e. The number of amides is 1. The van der Waals surface area contributed by atoms with E-state index in [0.29, 0.717) is 32.4 Å². The standard InChI is InChI=1S/C20H28Cl2N2O5S/c1-20(2,26)16-12-23(7-8-29-3)19(25)18-6-4-5-17(16)24(18)30(27,28)15-10-13(21)9-14(22)11-15/h9-11,16-18,26H,4-8,12H2,1-3H3. The Morgan fingerprint density at radius 1 is 1.20 bits per heavy atom. The lowest BCUT2D eigenvalue weighted by Gasteiger charge is -2.43. The van der Waals surface area contributed by atoms with E-state index < -0.39 is 33.6 Å². The molecule has 3 atom stereocenters. The zero-order valence-corrected chi connectivity index (χ0v) is 19.7. The van der Waals surface area contributed by atoms with Crippen LogP contribution in [0.1, 0.15) is 33.1 Å². The minimum Gasteiger partial charge on any atom is -0.390 e. The second-order valence-corrected chi connectivity index (χ2v) is 11.2. The molecule has 168 valence electrons. The van der Waals surface area contributed by atoms with Crippen molar-refractivity contribution in [2.75, 3.05) is 26.8 Å². The average molecular weight is 479 g/mol. The number of rotatable bonds is 6. The van der Waals surface area contributed by atoms with Gasteiger partial charge in [0.2, 0.25) is 15.9 Å². The second kappa shape index (κ2) is 8.92. The molecule has 10 heteroatoms. The van der Waals surface area contributed by atoms with Gasteiger partial charge in [-0.3, -0.25) is 4.79 Å². The van der Waals surface area contributed by atoms with Crippen molar-refractivity contribution in [1.82, 2.24) is 9.21 Å². The summed E-state index contributed by atoms with van der Waals surface area (Å²) in [4.78, 5) is 15.0. The van der Waals surface area contributed by atoms with Crippen LogP contribution in [0.4, 0.5) is 0 Å². The molecule has 2 fully saturated rings. The van der Waals surface area contributed by atoms with Crippen LogP contribution in [-0.2, 0) is 19.6 Å². The van der Waals surface area contributed by atoms with Gasteiger partial charge in [0.15, 0.2) is 0 Å². The van der Waals surface area contributed by atoms with Gasteiger partial charge >= 0.3 is 0 Å². The van der Waals surface area contributed by atoms with Gasteiger partial charge in [-0.25, -0.2) is 8.42 Å². The van der Waals surface area contributed by atoms with Gasteiger partial charge in [-0.15, -0.1) is 0 Å². The van der Waals surface area contributed by atoms with Gasteiger partial charge in [0.05, 0.1) is 17.1 Å². The first-order chi connectivity index (χ1) is 14.0. The predicted molar refractivity (Wildman–Crippen MR) is 115 cm³/mol. The molecule has 3 unspecified atom stereocenters. The molecule has 3 rings (SSSR count). The third-order valence-electron chi connectivity index (χ3n) is 5.97. The van der Waals surface area contributed by atoms with Gasteiger partial charge in [-0.2, -0.15) is 4.31 Å². The summed E-state index contributed by atoms with van der Waals surface area (Å²) >= 11 is 12.1. The zero-order chi connectivity index (χ0) is 22.3. The summed E-state index contributed by atoms with van der Waals surface area (Å²) in [5.74, 6) is -0.728. The molecule has 1 amide bonds. The van der Waals surface area contributed by atoms with Crippen LogP contribution >= 0.6 is 23.2 Å². The van der Waals surface area contributed by atoms with Crippen LogP contribution in [0, 0.1) is 5.92 Å². The van der Waals surface area contributed by atoms with E-state index >= 15 is 0 Å². The molecule has 30 heavy (non-hydrogen) atoms. The van der Waals surface area contributed by atoms with E-state index in [1.165, 1.54) is 22.5 Å². The number of sulfonamides is 1. The fourth-order valence-corrected chi connectivity index (χ4v) is 7.11. The van der Waals surface area contributed by atoms with Crippen LogP contribution in [0.5, 0.6) is 0 Å². The quantitative estimate of drug-likeness (QED) is 0.678. The summed E-state index contributed by atoms with van der Waals surface area (Å²) in [6, 6.07) is 2.78. The first-order valence-corrected chi connectivity index (χ1v) is 12.2. The van der Waals surface area contributed by atoms with Gasteiger partial charge in [0, 0.05) is 42.2 Å². The monoisotopic (exact) mass is 478 g/mol. The van der Waals surface area contributed by atoms with Crippen molar-refractivity contribution in [3.63, 3.8) is 0 Å². The van der Waals surface area contributed by atoms with Crippen molar-refractivity contribution in [2.24, 2.45) is 5.92 Å². The second-order valence-electron chi connectivity index (χ2n) is 8.49. The molecular formula is C20H28Cl2N2O5S. The number of methoxy groups -OCH3 is 1. The number of halogens is 2. The largest absolute Gasteiger partial charge is 0.390 e. The summed E-state index contributed by atoms with van der Waals surface area (Å²) in [5.41, 5.74) is -1.19. The van der Waals surface area contributed by atoms with E-state index in [9.17, 15) is 18.3 Å². The normalized spacial score (nSPS) is 26.0. The van der Waals surface area contributed by atoms with E-state index in [1.807, 2.05) is 0 Å². The number of aliphatic hydroxyl groups is 1. The molecular weight excluding hydrogens is 451 g/mol. The number of benzene rings is 1. The summed E-state index contributed by atoms with van der Waals surface area (Å²) in [6.07, 6.45) is 1.68. The van der Waals surface area contributed by atoms with Crippen LogP contribution in [0.3, 0.4) is 0 Å². The molecule has 2 saturated heterocycles. The topological polar surface area (TPSA) is 87.2 Å². The molecule has 2 aliphatic heterocycles. The maximum absolute atomic E-state index is 13.7. The minimum absolute atomic E-state index is 0.0514. The fourth-order valence-electron chi connectivity index (χ4n) is 4.52. The Labute approximate surface area is 187 Å². The molecule has 7 nitrogen and oxygen atoms in total. The van der Waals surface area contributed by atoms with E-state index in [1.54, 1.807) is 25.9 Å². The highest BCUT2D eigenvalue weighted by Crippen LogP contribution is 2.41. The van der Waals surface area contributed by atoms with Crippen molar-refractivity contribution < 1.29 is 23.1 Å². The van der Waals surface area contributed by atoms with E-state index in [4.69, 9.17) is 27.9 Å². The van der Waals surface area contributed by atoms with Crippen molar-refractivity contribution >= 4 is 39.1 Å². The Morgan fingerprint density at radius 2 is 1.83 bits per heavy atom. The minimum atomic E-state index is -4.09. The molecule has 1 N–H and O–H groups in total. The number of carbonyl (C=O) groups is 1. The molecule has 2 heterocycles. The van der Waals surface area contributed by atoms with E-state index in [-0.39, 0.29) is 27.4 Å². The Bertz CT molecular complexity index is 883. The average Bonchev–Trinajstić information content (AvgIpc) is 2.71. The number of piperidine rings is 1. The number of hydrogen-bond acceptors (Lipinski definition) is 5. The Morgan fingerprint density at radius 3 is 2.40 bits per heavy atom. The number of hydrogen-bond donors (Lipinski definition) is 1. The molecule has 0 aliphatic carbocycles. The maximum atomic E-state index is 13.7. The molecule has 2 bridgehead atoms. The SMILES string of the molecule is COCCN1CC(C(C)(C)O)C2CCCC(C1=O)N2S(=O)(=O)c1cc(Cl)cc(Cl)c1. The molecule has 1 aromatic rings. The van der Waals surface area contributed by atoms with Crippen molar-refractivity contribution in [1.29, 1.82) is 0 Å². The number of fused-ring (bicyclic) bond motifs is 2. The summed E-state index contributed by atoms with van der Waals surface area (Å²) < 4.78 is 33.9. The lowest BCUT2D eigenvalue weighted by molar-refractivity contribution is -0.135. The third-order valence-corrected chi connectivity index (χ3v) is 8.32. The zero-order valence-electron chi connectivity index (χ0n) is 17.3. The summed E-state index contributed by atoms with van der Waals surface area (Å²) in [7, 11) is -2.54. The Kier molecular flexibility index (Phi) is 7.06. The first-order valence-electron chi connectivity index (χ1n) is 9.96. The van der Waals surface area contributed by atoms with Gasteiger partial charge < -0.3 is 14.7 Å². The van der Waals surface area contributed by atoms with Crippen LogP contribution in [0.25, 0.3) is 0 Å². The predicted octanol–water partition coefficient (Wildman–Crippen LogP) is 2.78. The van der Waals surface area contributed by atoms with Crippen LogP contribution in [0.15, 0.2) is 23.1 Å². The van der Waals surface area contributed by atoms with Crippen molar-refractivity contribution in [3.8, 4) is 0 Å². The molecule has 0 aromatic heterocycles. The highest BCUT2D eigenvalue weighted by atomic mass is 35.5. The lowest BCUT2D eigenvalue weighted by Crippen LogP contribution is -2.57. The molecule has 0 saturated carbocycles. The molecule has 0 spiro atoms. The number of carbonyl (C=O) groups excluding carboxylic acids is 1. The van der Waals surface area contributed by atoms with Crippen LogP contribution < -0.4 is 0 Å². The van der Waals surface area contributed by atoms with Gasteiger partial charge in [0.1, 0.15) is 6.04 Å².